The molecule has 1 radical (unpaired) electrons. The minimum absolute atomic E-state index is 0. The van der Waals surface area contributed by atoms with Crippen LogP contribution in [0.4, 0.5) is 0 Å². The predicted octanol–water partition coefficient (Wildman–Crippen LogP) is 0.955. The summed E-state index contributed by atoms with van der Waals surface area (Å²) in [6.07, 6.45) is 0.552. The van der Waals surface area contributed by atoms with Crippen molar-refractivity contribution < 1.29 is 9.90 Å². The molecule has 1 atom stereocenters. The second kappa shape index (κ2) is 6.87. The van der Waals surface area contributed by atoms with Gasteiger partial charge in [0, 0.05) is 35.4 Å². The number of rotatable bonds is 3. The molecule has 0 saturated heterocycles. The van der Waals surface area contributed by atoms with Gasteiger partial charge in [-0.3, -0.25) is 4.79 Å². The molecule has 0 amide bonds. The Morgan fingerprint density at radius 2 is 2.22 bits per heavy atom. The quantitative estimate of drug-likeness (QED) is 0.492. The maximum absolute atomic E-state index is 10.0. The average Bonchev–Trinajstić information content (AvgIpc) is 1.67. The van der Waals surface area contributed by atoms with E-state index in [0.717, 1.165) is 0 Å². The number of alkyl halides is 1. The molecule has 0 rings (SSSR count). The molecular weight excluding hydrogens is 150 g/mol. The van der Waals surface area contributed by atoms with Gasteiger partial charge in [0.05, 0.1) is 5.92 Å². The maximum Gasteiger partial charge on any atom is 0.306 e. The first kappa shape index (κ1) is 12.4. The fraction of sp³-hybridized carbons (Fsp3) is 0.800. The molecule has 9 heavy (non-hydrogen) atoms. The number of carboxylic acid groups (broad SMARTS) is 1. The van der Waals surface area contributed by atoms with E-state index in [1.807, 2.05) is 0 Å². The molecule has 4 heteroatoms. The van der Waals surface area contributed by atoms with Crippen LogP contribution in [0.5, 0.6) is 0 Å². The van der Waals surface area contributed by atoms with Gasteiger partial charge >= 0.3 is 5.97 Å². The summed E-state index contributed by atoms with van der Waals surface area (Å²) in [4.78, 5) is 10.0. The first-order valence-electron chi connectivity index (χ1n) is 2.47. The van der Waals surface area contributed by atoms with Crippen molar-refractivity contribution in [3.8, 4) is 0 Å². The Morgan fingerprint density at radius 3 is 2.33 bits per heavy atom. The molecule has 0 bridgehead atoms. The van der Waals surface area contributed by atoms with Crippen LogP contribution in [0.3, 0.4) is 0 Å². The molecule has 0 saturated carbocycles. The molecular formula is C5H9ClNaO2. The Bertz CT molecular complexity index is 87.0. The van der Waals surface area contributed by atoms with Crippen molar-refractivity contribution in [2.24, 2.45) is 5.92 Å². The van der Waals surface area contributed by atoms with Gasteiger partial charge in [0.15, 0.2) is 0 Å². The molecule has 0 aliphatic carbocycles. The SMILES string of the molecule is CC(CCCl)C(=O)O.[Na]. The molecule has 1 unspecified atom stereocenters. The summed E-state index contributed by atoms with van der Waals surface area (Å²) >= 11 is 5.28. The minimum Gasteiger partial charge on any atom is -0.481 e. The van der Waals surface area contributed by atoms with Crippen LogP contribution in [0, 0.1) is 5.92 Å². The maximum atomic E-state index is 10.0. The van der Waals surface area contributed by atoms with Gasteiger partial charge in [-0.1, -0.05) is 6.92 Å². The van der Waals surface area contributed by atoms with E-state index in [4.69, 9.17) is 16.7 Å². The Labute approximate surface area is 81.9 Å². The first-order valence-corrected chi connectivity index (χ1v) is 3.00. The minimum atomic E-state index is -0.773. The fourth-order valence-electron chi connectivity index (χ4n) is 0.287. The van der Waals surface area contributed by atoms with Gasteiger partial charge in [0.2, 0.25) is 0 Å². The molecule has 0 aromatic heterocycles. The van der Waals surface area contributed by atoms with Crippen molar-refractivity contribution in [1.82, 2.24) is 0 Å². The van der Waals surface area contributed by atoms with Crippen LogP contribution < -0.4 is 0 Å². The van der Waals surface area contributed by atoms with Crippen molar-refractivity contribution in [2.45, 2.75) is 13.3 Å². The summed E-state index contributed by atoms with van der Waals surface area (Å²) in [7, 11) is 0. The zero-order valence-corrected chi connectivity index (χ0v) is 8.48. The molecule has 0 spiro atoms. The number of hydrogen-bond acceptors (Lipinski definition) is 1. The first-order chi connectivity index (χ1) is 3.68. The van der Waals surface area contributed by atoms with Crippen LogP contribution in [-0.4, -0.2) is 46.5 Å². The van der Waals surface area contributed by atoms with E-state index in [1.165, 1.54) is 0 Å². The van der Waals surface area contributed by atoms with Crippen LogP contribution in [0.25, 0.3) is 0 Å². The van der Waals surface area contributed by atoms with Crippen LogP contribution in [0.15, 0.2) is 0 Å². The summed E-state index contributed by atoms with van der Waals surface area (Å²) < 4.78 is 0. The van der Waals surface area contributed by atoms with Gasteiger partial charge in [-0.15, -0.1) is 11.6 Å². The molecule has 0 aromatic carbocycles. The zero-order chi connectivity index (χ0) is 6.57. The van der Waals surface area contributed by atoms with E-state index in [9.17, 15) is 4.79 Å². The second-order valence-corrected chi connectivity index (χ2v) is 2.09. The number of carbonyl (C=O) groups is 1. The van der Waals surface area contributed by atoms with E-state index in [-0.39, 0.29) is 35.5 Å². The Morgan fingerprint density at radius 1 is 1.78 bits per heavy atom. The average molecular weight is 160 g/mol. The number of halogens is 1. The molecule has 49 valence electrons. The second-order valence-electron chi connectivity index (χ2n) is 1.72. The van der Waals surface area contributed by atoms with Crippen LogP contribution in [-0.2, 0) is 4.79 Å². The molecule has 0 aromatic rings. The van der Waals surface area contributed by atoms with Crippen LogP contribution >= 0.6 is 11.6 Å². The third-order valence-corrected chi connectivity index (χ3v) is 1.18. The van der Waals surface area contributed by atoms with Gasteiger partial charge in [0.1, 0.15) is 0 Å². The van der Waals surface area contributed by atoms with E-state index < -0.39 is 5.97 Å². The molecule has 0 heterocycles. The van der Waals surface area contributed by atoms with Crippen molar-refractivity contribution in [1.29, 1.82) is 0 Å². The van der Waals surface area contributed by atoms with Gasteiger partial charge in [-0.2, -0.15) is 0 Å². The number of aliphatic carboxylic acids is 1. The summed E-state index contributed by atoms with van der Waals surface area (Å²) in [6.45, 7) is 1.64. The van der Waals surface area contributed by atoms with Gasteiger partial charge in [-0.05, 0) is 6.42 Å². The summed E-state index contributed by atoms with van der Waals surface area (Å²) in [5.41, 5.74) is 0. The molecule has 1 N–H and O–H groups in total. The smallest absolute Gasteiger partial charge is 0.306 e. The predicted molar refractivity (Wildman–Crippen MR) is 37.9 cm³/mol. The van der Waals surface area contributed by atoms with Crippen molar-refractivity contribution in [3.05, 3.63) is 0 Å². The van der Waals surface area contributed by atoms with Gasteiger partial charge in [0.25, 0.3) is 0 Å². The monoisotopic (exact) mass is 159 g/mol. The van der Waals surface area contributed by atoms with Crippen molar-refractivity contribution in [3.63, 3.8) is 0 Å². The molecule has 0 aliphatic heterocycles. The molecule has 0 fully saturated rings. The third-order valence-electron chi connectivity index (χ3n) is 0.964. The standard InChI is InChI=1S/C5H9ClO2.Na/c1-4(2-3-6)5(7)8;/h4H,2-3H2,1H3,(H,7,8);. The summed E-state index contributed by atoms with van der Waals surface area (Å²) in [5, 5.41) is 8.25. The topological polar surface area (TPSA) is 37.3 Å². The van der Waals surface area contributed by atoms with Gasteiger partial charge < -0.3 is 5.11 Å². The van der Waals surface area contributed by atoms with E-state index in [2.05, 4.69) is 0 Å². The normalized spacial score (nSPS) is 11.8. The third kappa shape index (κ3) is 6.65. The van der Waals surface area contributed by atoms with E-state index in [1.54, 1.807) is 6.92 Å². The van der Waals surface area contributed by atoms with Crippen LogP contribution in [0.1, 0.15) is 13.3 Å². The van der Waals surface area contributed by atoms with Gasteiger partial charge in [-0.25, -0.2) is 0 Å². The molecule has 0 aliphatic rings. The fourth-order valence-corrected chi connectivity index (χ4v) is 0.614. The summed E-state index contributed by atoms with van der Waals surface area (Å²) in [6, 6.07) is 0. The van der Waals surface area contributed by atoms with Crippen molar-refractivity contribution >= 4 is 47.1 Å². The van der Waals surface area contributed by atoms with Crippen molar-refractivity contribution in [2.75, 3.05) is 5.88 Å². The molecule has 2 nitrogen and oxygen atoms in total. The zero-order valence-electron chi connectivity index (χ0n) is 5.72. The largest absolute Gasteiger partial charge is 0.481 e. The van der Waals surface area contributed by atoms with Crippen LogP contribution in [0.2, 0.25) is 0 Å². The Hall–Kier alpha value is 0.760. The number of carboxylic acids is 1. The number of hydrogen-bond donors (Lipinski definition) is 1. The summed E-state index contributed by atoms with van der Waals surface area (Å²) in [5.74, 6) is -0.647. The van der Waals surface area contributed by atoms with E-state index in [0.29, 0.717) is 12.3 Å². The Kier molecular flexibility index (Phi) is 9.50. The Balaban J connectivity index is 0. The van der Waals surface area contributed by atoms with E-state index >= 15 is 0 Å².